The number of aliphatic hydroxyl groups excluding tert-OH is 1. The highest BCUT2D eigenvalue weighted by molar-refractivity contribution is 5.89. The van der Waals surface area contributed by atoms with Gasteiger partial charge in [-0.2, -0.15) is 0 Å². The average molecular weight is 441 g/mol. The number of halogens is 1. The fourth-order valence-electron chi connectivity index (χ4n) is 4.58. The lowest BCUT2D eigenvalue weighted by atomic mass is 9.86. The molecule has 2 aromatic carbocycles. The lowest BCUT2D eigenvalue weighted by molar-refractivity contribution is -0.137. The quantitative estimate of drug-likeness (QED) is 0.722. The maximum atomic E-state index is 14.5. The molecule has 1 aliphatic heterocycles. The first-order chi connectivity index (χ1) is 15.6. The number of carbonyl (C=O) groups is 2. The van der Waals surface area contributed by atoms with Crippen LogP contribution in [-0.2, 0) is 16.1 Å². The number of anilines is 1. The van der Waals surface area contributed by atoms with E-state index in [-0.39, 0.29) is 36.1 Å². The monoisotopic (exact) mass is 440 g/mol. The Kier molecular flexibility index (Phi) is 7.05. The number of nitrogens with zero attached hydrogens (tertiary/aromatic N) is 2. The first-order valence-corrected chi connectivity index (χ1v) is 11.2. The SMILES string of the molecule is O=C(O[C@H]1CC[C@H](C(=O)N2CCN(c3cccc(CO)c3F)CC2)CC1)c1ccccc1. The molecule has 1 amide bonds. The van der Waals surface area contributed by atoms with Crippen LogP contribution in [0, 0.1) is 11.7 Å². The Balaban J connectivity index is 1.25. The van der Waals surface area contributed by atoms with E-state index in [1.807, 2.05) is 28.0 Å². The highest BCUT2D eigenvalue weighted by atomic mass is 19.1. The summed E-state index contributed by atoms with van der Waals surface area (Å²) in [6.07, 6.45) is 2.64. The van der Waals surface area contributed by atoms with Crippen LogP contribution in [0.1, 0.15) is 41.6 Å². The molecule has 0 unspecified atom stereocenters. The molecule has 1 saturated carbocycles. The highest BCUT2D eigenvalue weighted by Crippen LogP contribution is 2.29. The molecular formula is C25H29FN2O4. The van der Waals surface area contributed by atoms with E-state index < -0.39 is 5.82 Å². The summed E-state index contributed by atoms with van der Waals surface area (Å²) in [6, 6.07) is 14.0. The molecule has 1 saturated heterocycles. The van der Waals surface area contributed by atoms with Crippen LogP contribution < -0.4 is 4.90 Å². The molecule has 32 heavy (non-hydrogen) atoms. The Morgan fingerprint density at radius 3 is 2.28 bits per heavy atom. The number of rotatable bonds is 5. The van der Waals surface area contributed by atoms with Crippen molar-refractivity contribution in [2.24, 2.45) is 5.92 Å². The number of amides is 1. The Hall–Kier alpha value is -2.93. The molecule has 0 spiro atoms. The minimum Gasteiger partial charge on any atom is -0.459 e. The van der Waals surface area contributed by atoms with E-state index in [0.717, 1.165) is 0 Å². The minimum atomic E-state index is -0.391. The second-order valence-corrected chi connectivity index (χ2v) is 8.47. The zero-order valence-corrected chi connectivity index (χ0v) is 18.1. The smallest absolute Gasteiger partial charge is 0.338 e. The highest BCUT2D eigenvalue weighted by Gasteiger charge is 2.32. The van der Waals surface area contributed by atoms with Gasteiger partial charge in [0.1, 0.15) is 6.10 Å². The molecule has 7 heteroatoms. The summed E-state index contributed by atoms with van der Waals surface area (Å²) in [7, 11) is 0. The molecule has 6 nitrogen and oxygen atoms in total. The first-order valence-electron chi connectivity index (χ1n) is 11.2. The molecule has 1 heterocycles. The van der Waals surface area contributed by atoms with Crippen LogP contribution in [0.2, 0.25) is 0 Å². The normalized spacial score (nSPS) is 21.3. The number of esters is 1. The predicted molar refractivity (Wildman–Crippen MR) is 119 cm³/mol. The van der Waals surface area contributed by atoms with Crippen molar-refractivity contribution in [2.75, 3.05) is 31.1 Å². The molecule has 2 fully saturated rings. The molecule has 1 aliphatic carbocycles. The largest absolute Gasteiger partial charge is 0.459 e. The Morgan fingerprint density at radius 2 is 1.62 bits per heavy atom. The van der Waals surface area contributed by atoms with Crippen LogP contribution in [0.15, 0.2) is 48.5 Å². The Morgan fingerprint density at radius 1 is 0.938 bits per heavy atom. The molecule has 0 aromatic heterocycles. The van der Waals surface area contributed by atoms with Crippen LogP contribution in [0.25, 0.3) is 0 Å². The zero-order chi connectivity index (χ0) is 22.5. The maximum Gasteiger partial charge on any atom is 0.338 e. The van der Waals surface area contributed by atoms with Crippen LogP contribution in [0.3, 0.4) is 0 Å². The second-order valence-electron chi connectivity index (χ2n) is 8.47. The fraction of sp³-hybridized carbons (Fsp3) is 0.440. The standard InChI is InChI=1S/C25H29FN2O4/c26-23-20(17-29)7-4-8-22(23)27-13-15-28(16-14-27)24(30)18-9-11-21(12-10-18)32-25(31)19-5-2-1-3-6-19/h1-8,18,21,29H,9-17H2/t18-,21-. The molecule has 170 valence electrons. The van der Waals surface area contributed by atoms with Gasteiger partial charge in [0.25, 0.3) is 0 Å². The number of benzene rings is 2. The van der Waals surface area contributed by atoms with E-state index in [1.165, 1.54) is 0 Å². The fourth-order valence-corrected chi connectivity index (χ4v) is 4.58. The molecule has 4 rings (SSSR count). The maximum absolute atomic E-state index is 14.5. The number of piperazine rings is 1. The Labute approximate surface area is 187 Å². The summed E-state index contributed by atoms with van der Waals surface area (Å²) >= 11 is 0. The van der Waals surface area contributed by atoms with E-state index in [1.54, 1.807) is 30.3 Å². The van der Waals surface area contributed by atoms with Crippen molar-refractivity contribution in [3.05, 3.63) is 65.5 Å². The minimum absolute atomic E-state index is 0.0531. The van der Waals surface area contributed by atoms with Gasteiger partial charge in [0.05, 0.1) is 17.9 Å². The van der Waals surface area contributed by atoms with Crippen molar-refractivity contribution in [3.63, 3.8) is 0 Å². The molecule has 1 N–H and O–H groups in total. The van der Waals surface area contributed by atoms with E-state index in [4.69, 9.17) is 4.74 Å². The third kappa shape index (κ3) is 4.93. The molecule has 0 radical (unpaired) electrons. The summed E-state index contributed by atoms with van der Waals surface area (Å²) in [5.41, 5.74) is 1.31. The van der Waals surface area contributed by atoms with Crippen molar-refractivity contribution < 1.29 is 23.8 Å². The van der Waals surface area contributed by atoms with Crippen molar-refractivity contribution in [3.8, 4) is 0 Å². The van der Waals surface area contributed by atoms with Crippen molar-refractivity contribution in [1.82, 2.24) is 4.90 Å². The number of hydrogen-bond donors (Lipinski definition) is 1. The van der Waals surface area contributed by atoms with Gasteiger partial charge in [-0.1, -0.05) is 30.3 Å². The average Bonchev–Trinajstić information content (AvgIpc) is 2.85. The van der Waals surface area contributed by atoms with Gasteiger partial charge < -0.3 is 19.6 Å². The van der Waals surface area contributed by atoms with Gasteiger partial charge in [0.2, 0.25) is 5.91 Å². The van der Waals surface area contributed by atoms with Gasteiger partial charge in [-0.3, -0.25) is 4.79 Å². The van der Waals surface area contributed by atoms with Crippen LogP contribution in [0.5, 0.6) is 0 Å². The summed E-state index contributed by atoms with van der Waals surface area (Å²) in [5.74, 6) is -0.614. The van der Waals surface area contributed by atoms with Crippen LogP contribution in [0.4, 0.5) is 10.1 Å². The van der Waals surface area contributed by atoms with E-state index >= 15 is 0 Å². The van der Waals surface area contributed by atoms with Crippen molar-refractivity contribution >= 4 is 17.6 Å². The van der Waals surface area contributed by atoms with Gasteiger partial charge in [-0.15, -0.1) is 0 Å². The first kappa shape index (κ1) is 22.3. The van der Waals surface area contributed by atoms with Gasteiger partial charge in [-0.05, 0) is 43.9 Å². The number of ether oxygens (including phenoxy) is 1. The number of hydrogen-bond acceptors (Lipinski definition) is 5. The van der Waals surface area contributed by atoms with Gasteiger partial charge in [-0.25, -0.2) is 9.18 Å². The molecule has 0 bridgehead atoms. The third-order valence-corrected chi connectivity index (χ3v) is 6.47. The molecule has 2 aliphatic rings. The Bertz CT molecular complexity index is 936. The third-order valence-electron chi connectivity index (χ3n) is 6.47. The molecule has 2 aromatic rings. The molecular weight excluding hydrogens is 411 g/mol. The summed E-state index contributed by atoms with van der Waals surface area (Å²) in [6.45, 7) is 1.87. The van der Waals surface area contributed by atoms with E-state index in [2.05, 4.69) is 0 Å². The van der Waals surface area contributed by atoms with Crippen LogP contribution in [-0.4, -0.2) is 54.2 Å². The summed E-state index contributed by atoms with van der Waals surface area (Å²) in [4.78, 5) is 29.0. The van der Waals surface area contributed by atoms with E-state index in [0.29, 0.717) is 63.1 Å². The van der Waals surface area contributed by atoms with Gasteiger partial charge in [0.15, 0.2) is 5.82 Å². The van der Waals surface area contributed by atoms with Crippen molar-refractivity contribution in [2.45, 2.75) is 38.4 Å². The lowest BCUT2D eigenvalue weighted by Gasteiger charge is -2.39. The lowest BCUT2D eigenvalue weighted by Crippen LogP contribution is -2.51. The van der Waals surface area contributed by atoms with E-state index in [9.17, 15) is 19.1 Å². The topological polar surface area (TPSA) is 70.1 Å². The number of carbonyl (C=O) groups excluding carboxylic acids is 2. The van der Waals surface area contributed by atoms with Gasteiger partial charge in [0, 0.05) is 37.7 Å². The summed E-state index contributed by atoms with van der Waals surface area (Å²) < 4.78 is 20.1. The summed E-state index contributed by atoms with van der Waals surface area (Å²) in [5, 5.41) is 9.29. The van der Waals surface area contributed by atoms with Gasteiger partial charge >= 0.3 is 5.97 Å². The zero-order valence-electron chi connectivity index (χ0n) is 18.1. The van der Waals surface area contributed by atoms with Crippen LogP contribution >= 0.6 is 0 Å². The predicted octanol–water partition coefficient (Wildman–Crippen LogP) is 3.38. The van der Waals surface area contributed by atoms with Crippen molar-refractivity contribution in [1.29, 1.82) is 0 Å². The molecule has 0 atom stereocenters. The number of aliphatic hydroxyl groups is 1. The second kappa shape index (κ2) is 10.1.